The van der Waals surface area contributed by atoms with Crippen molar-refractivity contribution in [2.75, 3.05) is 89.5 Å². The average Bonchev–Trinajstić information content (AvgIpc) is 1.47. The first kappa shape index (κ1) is 97.6. The van der Waals surface area contributed by atoms with E-state index in [1.807, 2.05) is 50.1 Å². The summed E-state index contributed by atoms with van der Waals surface area (Å²) in [6.07, 6.45) is -1.09. The molecule has 2 saturated heterocycles. The number of nitrogens with two attached hydrogens (primary N) is 1. The van der Waals surface area contributed by atoms with Gasteiger partial charge in [0, 0.05) is 152 Å². The van der Waals surface area contributed by atoms with Gasteiger partial charge in [-0.05, 0) is 112 Å². The number of likely N-dealkylation sites (N-methyl/N-ethyl adjacent to an activating group) is 1. The summed E-state index contributed by atoms with van der Waals surface area (Å²) in [5.41, 5.74) is 7.08. The summed E-state index contributed by atoms with van der Waals surface area (Å²) in [5.74, 6) is -13.6. The van der Waals surface area contributed by atoms with Crippen LogP contribution in [0.25, 0.3) is 10.9 Å². The van der Waals surface area contributed by atoms with E-state index < -0.39 is 210 Å². The lowest BCUT2D eigenvalue weighted by atomic mass is 9.47. The Labute approximate surface area is 747 Å². The first-order valence-corrected chi connectivity index (χ1v) is 45.6. The number of benzene rings is 4. The number of anilines is 1. The number of ketones is 3. The number of aliphatic hydroxyl groups excluding tert-OH is 1. The summed E-state index contributed by atoms with van der Waals surface area (Å²) in [6, 6.07) is 20.8. The Morgan fingerprint density at radius 3 is 2.07 bits per heavy atom. The van der Waals surface area contributed by atoms with Crippen molar-refractivity contribution in [2.45, 2.75) is 194 Å². The zero-order valence-electron chi connectivity index (χ0n) is 72.2. The third-order valence-electron chi connectivity index (χ3n) is 26.2. The lowest BCUT2D eigenvalue weighted by Gasteiger charge is -2.63. The van der Waals surface area contributed by atoms with Gasteiger partial charge in [-0.2, -0.15) is 0 Å². The molecule has 1 spiro atoms. The number of hydrogen-bond donors (Lipinski definition) is 16. The Morgan fingerprint density at radius 1 is 0.703 bits per heavy atom. The van der Waals surface area contributed by atoms with E-state index in [1.54, 1.807) is 67.8 Å². The molecule has 36 nitrogen and oxygen atoms in total. The highest BCUT2D eigenvalue weighted by Gasteiger charge is 2.78. The Morgan fingerprint density at radius 2 is 1.40 bits per heavy atom. The van der Waals surface area contributed by atoms with E-state index in [9.17, 15) is 93.0 Å². The summed E-state index contributed by atoms with van der Waals surface area (Å²) >= 11 is 0. The van der Waals surface area contributed by atoms with Crippen LogP contribution in [-0.2, 0) is 97.1 Å². The van der Waals surface area contributed by atoms with Crippen molar-refractivity contribution < 1.29 is 117 Å². The number of nitrogens with one attached hydrogen (secondary N) is 8. The molecule has 1 saturated carbocycles. The fourth-order valence-corrected chi connectivity index (χ4v) is 22.2. The SMILES string of the molecule is CCC1(O)CC2CN(CCc3c([nH]c4ccccc34)[C@@](C)(c3cc4c(cc3OC)N(C)C3[C@]45CCN4CC=C[C@@](CC)([C@@H](O)[C@]3(O)C(=O)CNC(=O)OCCSSC[C@H](CC(=O)[C@H](CC(=O)O)NC(=O)[C@@H](N)CNC(=O)[C@@H](CC(=O)[C@H](Cc3ccccc3)NC(=O)CCNC(=O)CC[C@H](NC(=O)N[C@@H](CCC(=O)O)OC=O)C(=O)O)Cc3ccccc3)C(=O)O)[C@H]45)C2)C1. The number of aliphatic hydroxyl groups is 3. The number of H-pyrrole nitrogens is 1. The number of nitrogens with zero attached hydrogens (tertiary/aromatic N) is 3. The predicted octanol–water partition coefficient (Wildman–Crippen LogP) is 3.78. The van der Waals surface area contributed by atoms with Gasteiger partial charge in [-0.15, -0.1) is 0 Å². The van der Waals surface area contributed by atoms with Crippen molar-refractivity contribution in [3.8, 4) is 5.75 Å². The number of piperidine rings is 1. The molecule has 1 aromatic heterocycles. The van der Waals surface area contributed by atoms with Crippen molar-refractivity contribution in [3.05, 3.63) is 143 Å². The molecule has 128 heavy (non-hydrogen) atoms. The van der Waals surface area contributed by atoms with Gasteiger partial charge in [0.25, 0.3) is 6.47 Å². The Hall–Kier alpha value is -11.0. The maximum Gasteiger partial charge on any atom is 0.407 e. The molecule has 2 bridgehead atoms. The van der Waals surface area contributed by atoms with E-state index in [4.69, 9.17) is 20.3 Å². The third-order valence-corrected chi connectivity index (χ3v) is 28.6. The number of carbonyl (C=O) groups is 14. The molecule has 3 fully saturated rings. The van der Waals surface area contributed by atoms with Gasteiger partial charge < -0.3 is 103 Å². The molecule has 6 heterocycles. The topological polar surface area (TPSA) is 544 Å². The van der Waals surface area contributed by atoms with E-state index in [-0.39, 0.29) is 68.8 Å². The van der Waals surface area contributed by atoms with Gasteiger partial charge in [-0.3, -0.25) is 62.5 Å². The Bertz CT molecular complexity index is 4950. The Balaban J connectivity index is 0.673. The first-order chi connectivity index (χ1) is 61.0. The highest BCUT2D eigenvalue weighted by atomic mass is 33.1. The monoisotopic (exact) mass is 1810 g/mol. The molecule has 0 radical (unpaired) electrons. The maximum atomic E-state index is 15.4. The second-order valence-corrected chi connectivity index (χ2v) is 37.1. The molecule has 692 valence electrons. The number of aliphatic carboxylic acids is 4. The number of carboxylic acid groups (broad SMARTS) is 4. The van der Waals surface area contributed by atoms with Gasteiger partial charge in [0.15, 0.2) is 29.2 Å². The van der Waals surface area contributed by atoms with Crippen molar-refractivity contribution in [3.63, 3.8) is 0 Å². The quantitative estimate of drug-likeness (QED) is 0.00866. The van der Waals surface area contributed by atoms with E-state index >= 15 is 4.79 Å². The number of fused-ring (bicyclic) bond motifs is 6. The normalized spacial score (nSPS) is 24.7. The molecule has 11 rings (SSSR count). The number of aromatic nitrogens is 1. The van der Waals surface area contributed by atoms with Crippen LogP contribution in [0.2, 0.25) is 0 Å². The number of alkyl carbamates (subject to hydrolysis) is 1. The summed E-state index contributed by atoms with van der Waals surface area (Å²) in [6.45, 7) is 7.63. The lowest BCUT2D eigenvalue weighted by Crippen LogP contribution is -2.81. The standard InChI is InChI=1S/C90H116N12O24S2/c1-6-87(122)45-54-44-86(3,76-58(28-33-101(48-54)50-87)57-21-14-15-22-62(57)96-76)60-41-59-66(43-69(60)124-5)100(4)82-89(59)30-34-102-32-16-29-88(7-2,81(89)102)83(119)90(82,123)70(106)47-94-85(121)125-35-36-127-128-49-56(79(115)116)40-68(105)65(42-75(111)112)97-78(114)61(91)46-93-77(113)55(37-52-17-10-8-11-18-52)39-67(104)64(38-53-19-12-9-13-20-53)95-72(108)27-31-92-71(107)24-23-63(80(117)118)98-84(120)99-73(126-51-103)25-26-74(109)110/h8-22,29,41,43,51,54-56,61,63-65,73,81-83,96,119,122-123H,6-7,23-28,30-40,42,44-50,91H2,1-5H3,(H,92,107)(H,93,113)(H,94,121)(H,95,108)(H,97,114)(H,109,110)(H,111,112)(H,115,116)(H,117,118)(H2,98,99,120)/t54?,55-,56+,61+,63+,64+,65+,73-,81+,82?,83-,86-,87?,88-,89-,90+/m1/s1. The average molecular weight is 1810 g/mol. The molecule has 5 aliphatic heterocycles. The third kappa shape index (κ3) is 22.3. The van der Waals surface area contributed by atoms with Crippen molar-refractivity contribution >= 4 is 122 Å². The molecule has 17 N–H and O–H groups in total. The highest BCUT2D eigenvalue weighted by Crippen LogP contribution is 2.68. The van der Waals surface area contributed by atoms with Crippen LogP contribution >= 0.6 is 21.6 Å². The van der Waals surface area contributed by atoms with E-state index in [0.717, 1.165) is 74.5 Å². The molecule has 6 aliphatic rings. The highest BCUT2D eigenvalue weighted by molar-refractivity contribution is 8.76. The van der Waals surface area contributed by atoms with Gasteiger partial charge >= 0.3 is 36.0 Å². The van der Waals surface area contributed by atoms with Crippen LogP contribution in [-0.4, -0.2) is 278 Å². The number of carbonyl (C=O) groups excluding carboxylic acids is 10. The van der Waals surface area contributed by atoms with Gasteiger partial charge in [0.1, 0.15) is 30.5 Å². The van der Waals surface area contributed by atoms with Crippen LogP contribution in [0.1, 0.15) is 138 Å². The minimum atomic E-state index is -2.50. The van der Waals surface area contributed by atoms with Crippen LogP contribution in [0, 0.1) is 23.2 Å². The minimum Gasteiger partial charge on any atom is -0.496 e. The Kier molecular flexibility index (Phi) is 32.8. The summed E-state index contributed by atoms with van der Waals surface area (Å²) < 4.78 is 16.6. The van der Waals surface area contributed by atoms with Crippen molar-refractivity contribution in [2.24, 2.45) is 28.9 Å². The molecule has 4 unspecified atom stereocenters. The number of urea groups is 1. The van der Waals surface area contributed by atoms with E-state index in [0.29, 0.717) is 68.6 Å². The number of ether oxygens (including phenoxy) is 3. The summed E-state index contributed by atoms with van der Waals surface area (Å²) in [4.78, 5) is 193. The molecule has 38 heteroatoms. The molecule has 4 aromatic carbocycles. The zero-order valence-corrected chi connectivity index (χ0v) is 73.9. The smallest absolute Gasteiger partial charge is 0.407 e. The second kappa shape index (κ2) is 42.9. The first-order valence-electron chi connectivity index (χ1n) is 43.1. The van der Waals surface area contributed by atoms with Crippen LogP contribution in [0.4, 0.5) is 15.3 Å². The van der Waals surface area contributed by atoms with Crippen LogP contribution in [0.15, 0.2) is 109 Å². The molecule has 17 atom stereocenters. The molecule has 5 aromatic rings. The second-order valence-electron chi connectivity index (χ2n) is 34.5. The van der Waals surface area contributed by atoms with Gasteiger partial charge in [0.2, 0.25) is 23.6 Å². The number of para-hydroxylation sites is 1. The lowest BCUT2D eigenvalue weighted by molar-refractivity contribution is -0.201. The van der Waals surface area contributed by atoms with Crippen LogP contribution < -0.4 is 52.6 Å². The van der Waals surface area contributed by atoms with Crippen molar-refractivity contribution in [1.82, 2.24) is 52.0 Å². The fourth-order valence-electron chi connectivity index (χ4n) is 20.1. The minimum absolute atomic E-state index is 0.0339. The molecular weight excluding hydrogens is 1700 g/mol. The van der Waals surface area contributed by atoms with Gasteiger partial charge in [0.05, 0.1) is 56.1 Å². The van der Waals surface area contributed by atoms with Crippen LogP contribution in [0.3, 0.4) is 0 Å². The number of Topliss-reactive ketones (excluding diaryl/α,β-unsaturated/α-hetero) is 3. The van der Waals surface area contributed by atoms with Crippen LogP contribution in [0.5, 0.6) is 5.75 Å². The predicted molar refractivity (Wildman–Crippen MR) is 471 cm³/mol. The molecule has 1 aliphatic carbocycles. The van der Waals surface area contributed by atoms with E-state index in [2.05, 4.69) is 87.9 Å². The number of hydrogen-bond acceptors (Lipinski definition) is 26. The van der Waals surface area contributed by atoms with Gasteiger partial charge in [-0.25, -0.2) is 14.4 Å². The number of rotatable bonds is 46. The number of carboxylic acids is 4. The molecule has 7 amide bonds. The maximum absolute atomic E-state index is 15.4. The van der Waals surface area contributed by atoms with Crippen molar-refractivity contribution in [1.29, 1.82) is 0 Å². The fraction of sp³-hybridized carbons (Fsp3) is 0.533. The molecular formula is C90H116N12O24S2. The summed E-state index contributed by atoms with van der Waals surface area (Å²) in [7, 11) is 5.54. The van der Waals surface area contributed by atoms with Gasteiger partial charge in [-0.1, -0.05) is 126 Å². The number of amides is 7. The number of methoxy groups -OCH3 is 1. The summed E-state index contributed by atoms with van der Waals surface area (Å²) in [5, 5.41) is 95.6. The number of aromatic amines is 1. The zero-order chi connectivity index (χ0) is 92.6. The van der Waals surface area contributed by atoms with E-state index in [1.165, 1.54) is 5.56 Å². The largest absolute Gasteiger partial charge is 0.496 e.